The van der Waals surface area contributed by atoms with Gasteiger partial charge in [0.25, 0.3) is 0 Å². The Labute approximate surface area is 163 Å². The van der Waals surface area contributed by atoms with Gasteiger partial charge in [0.1, 0.15) is 0 Å². The van der Waals surface area contributed by atoms with Crippen molar-refractivity contribution in [1.82, 2.24) is 15.5 Å². The standard InChI is InChI=1S/C19H29N3O.2ClH/c23-19(14-20-12-16-9-10-16)21-13-18-8-4-5-11-22(18)15-17-6-2-1-3-7-17;;/h1-3,6-7,16,18,20H,4-5,8-15H2,(H,21,23);2*1H. The summed E-state index contributed by atoms with van der Waals surface area (Å²) in [4.78, 5) is 14.5. The minimum atomic E-state index is 0. The predicted molar refractivity (Wildman–Crippen MR) is 108 cm³/mol. The van der Waals surface area contributed by atoms with E-state index in [1.807, 2.05) is 0 Å². The van der Waals surface area contributed by atoms with Gasteiger partial charge in [0.05, 0.1) is 6.54 Å². The van der Waals surface area contributed by atoms with E-state index in [2.05, 4.69) is 45.9 Å². The second-order valence-corrected chi connectivity index (χ2v) is 6.98. The van der Waals surface area contributed by atoms with Crippen molar-refractivity contribution in [3.05, 3.63) is 35.9 Å². The summed E-state index contributed by atoms with van der Waals surface area (Å²) in [5.41, 5.74) is 1.36. The molecular formula is C19H31Cl2N3O. The Hall–Kier alpha value is -0.810. The van der Waals surface area contributed by atoms with Crippen LogP contribution in [0.5, 0.6) is 0 Å². The first kappa shape index (κ1) is 22.2. The molecule has 1 saturated carbocycles. The number of amides is 1. The Balaban J connectivity index is 0.00000156. The molecule has 0 bridgehead atoms. The van der Waals surface area contributed by atoms with Crippen LogP contribution < -0.4 is 10.6 Å². The first-order valence-electron chi connectivity index (χ1n) is 9.06. The maximum Gasteiger partial charge on any atom is 0.234 e. The number of carbonyl (C=O) groups is 1. The molecule has 6 heteroatoms. The minimum Gasteiger partial charge on any atom is -0.353 e. The van der Waals surface area contributed by atoms with Gasteiger partial charge in [-0.3, -0.25) is 9.69 Å². The third-order valence-electron chi connectivity index (χ3n) is 4.93. The van der Waals surface area contributed by atoms with E-state index in [9.17, 15) is 4.79 Å². The molecule has 2 N–H and O–H groups in total. The van der Waals surface area contributed by atoms with Crippen molar-refractivity contribution >= 4 is 30.7 Å². The number of nitrogens with one attached hydrogen (secondary N) is 2. The van der Waals surface area contributed by atoms with Gasteiger partial charge in [-0.15, -0.1) is 24.8 Å². The van der Waals surface area contributed by atoms with Crippen LogP contribution in [0.4, 0.5) is 0 Å². The summed E-state index contributed by atoms with van der Waals surface area (Å²) in [6, 6.07) is 11.1. The lowest BCUT2D eigenvalue weighted by Crippen LogP contribution is -2.47. The van der Waals surface area contributed by atoms with Crippen LogP contribution in [0.15, 0.2) is 30.3 Å². The molecule has 1 aromatic carbocycles. The van der Waals surface area contributed by atoms with E-state index in [-0.39, 0.29) is 30.7 Å². The van der Waals surface area contributed by atoms with Crippen LogP contribution in [0.2, 0.25) is 0 Å². The first-order valence-corrected chi connectivity index (χ1v) is 9.06. The zero-order valence-corrected chi connectivity index (χ0v) is 16.4. The van der Waals surface area contributed by atoms with Gasteiger partial charge in [-0.25, -0.2) is 0 Å². The average Bonchev–Trinajstić information content (AvgIpc) is 3.39. The number of halogens is 2. The quantitative estimate of drug-likeness (QED) is 0.720. The van der Waals surface area contributed by atoms with E-state index in [1.54, 1.807) is 0 Å². The largest absolute Gasteiger partial charge is 0.353 e. The molecule has 1 saturated heterocycles. The number of carbonyl (C=O) groups excluding carboxylic acids is 1. The Bertz CT molecular complexity index is 497. The maximum absolute atomic E-state index is 12.0. The lowest BCUT2D eigenvalue weighted by atomic mass is 10.0. The molecule has 25 heavy (non-hydrogen) atoms. The van der Waals surface area contributed by atoms with Crippen LogP contribution in [0, 0.1) is 5.92 Å². The second kappa shape index (κ2) is 11.7. The van der Waals surface area contributed by atoms with Crippen molar-refractivity contribution < 1.29 is 4.79 Å². The van der Waals surface area contributed by atoms with E-state index in [0.29, 0.717) is 12.6 Å². The fourth-order valence-electron chi connectivity index (χ4n) is 3.32. The molecule has 1 heterocycles. The van der Waals surface area contributed by atoms with Crippen molar-refractivity contribution in [2.24, 2.45) is 5.92 Å². The molecule has 4 nitrogen and oxygen atoms in total. The lowest BCUT2D eigenvalue weighted by Gasteiger charge is -2.36. The monoisotopic (exact) mass is 387 g/mol. The third kappa shape index (κ3) is 7.95. The molecule has 2 aliphatic rings. The van der Waals surface area contributed by atoms with Crippen LogP contribution in [-0.4, -0.2) is 43.0 Å². The molecule has 1 aromatic rings. The zero-order chi connectivity index (χ0) is 15.9. The number of nitrogens with zero attached hydrogens (tertiary/aromatic N) is 1. The topological polar surface area (TPSA) is 44.4 Å². The number of hydrogen-bond acceptors (Lipinski definition) is 3. The summed E-state index contributed by atoms with van der Waals surface area (Å²) in [6.45, 7) is 4.35. The number of hydrogen-bond donors (Lipinski definition) is 2. The van der Waals surface area contributed by atoms with Gasteiger partial charge in [-0.05, 0) is 50.3 Å². The zero-order valence-electron chi connectivity index (χ0n) is 14.8. The van der Waals surface area contributed by atoms with E-state index in [1.165, 1.54) is 37.7 Å². The molecule has 142 valence electrons. The summed E-state index contributed by atoms with van der Waals surface area (Å²) >= 11 is 0. The van der Waals surface area contributed by atoms with E-state index < -0.39 is 0 Å². The molecule has 1 unspecified atom stereocenters. The molecule has 0 spiro atoms. The summed E-state index contributed by atoms with van der Waals surface area (Å²) < 4.78 is 0. The van der Waals surface area contributed by atoms with Crippen LogP contribution in [0.1, 0.15) is 37.7 Å². The van der Waals surface area contributed by atoms with Crippen molar-refractivity contribution in [2.45, 2.75) is 44.7 Å². The van der Waals surface area contributed by atoms with E-state index >= 15 is 0 Å². The number of piperidine rings is 1. The number of likely N-dealkylation sites (tertiary alicyclic amines) is 1. The highest BCUT2D eigenvalue weighted by molar-refractivity contribution is 5.85. The number of rotatable bonds is 8. The van der Waals surface area contributed by atoms with Crippen LogP contribution in [0.3, 0.4) is 0 Å². The molecule has 1 atom stereocenters. The Kier molecular flexibility index (Phi) is 10.4. The van der Waals surface area contributed by atoms with Crippen molar-refractivity contribution in [2.75, 3.05) is 26.2 Å². The maximum atomic E-state index is 12.0. The summed E-state index contributed by atoms with van der Waals surface area (Å²) in [5.74, 6) is 0.957. The SMILES string of the molecule is Cl.Cl.O=C(CNCC1CC1)NCC1CCCCN1Cc1ccccc1. The normalized spacial score (nSPS) is 20.2. The van der Waals surface area contributed by atoms with Gasteiger partial charge in [-0.1, -0.05) is 36.8 Å². The third-order valence-corrected chi connectivity index (χ3v) is 4.93. The first-order chi connectivity index (χ1) is 11.3. The molecule has 0 radical (unpaired) electrons. The Morgan fingerprint density at radius 2 is 1.80 bits per heavy atom. The van der Waals surface area contributed by atoms with Gasteiger partial charge < -0.3 is 10.6 Å². The molecule has 1 aliphatic heterocycles. The van der Waals surface area contributed by atoms with Gasteiger partial charge in [0.2, 0.25) is 5.91 Å². The molecule has 3 rings (SSSR count). The van der Waals surface area contributed by atoms with Gasteiger partial charge in [0, 0.05) is 19.1 Å². The molecule has 1 aliphatic carbocycles. The minimum absolute atomic E-state index is 0. The van der Waals surface area contributed by atoms with Crippen molar-refractivity contribution in [3.63, 3.8) is 0 Å². The molecular weight excluding hydrogens is 357 g/mol. The molecule has 1 amide bonds. The van der Waals surface area contributed by atoms with Crippen LogP contribution >= 0.6 is 24.8 Å². The highest BCUT2D eigenvalue weighted by Gasteiger charge is 2.23. The van der Waals surface area contributed by atoms with Gasteiger partial charge >= 0.3 is 0 Å². The molecule has 2 fully saturated rings. The summed E-state index contributed by atoms with van der Waals surface area (Å²) in [7, 11) is 0. The average molecular weight is 388 g/mol. The fourth-order valence-corrected chi connectivity index (χ4v) is 3.32. The Morgan fingerprint density at radius 1 is 1.04 bits per heavy atom. The van der Waals surface area contributed by atoms with Crippen molar-refractivity contribution in [1.29, 1.82) is 0 Å². The smallest absolute Gasteiger partial charge is 0.234 e. The van der Waals surface area contributed by atoms with Gasteiger partial charge in [0.15, 0.2) is 0 Å². The Morgan fingerprint density at radius 3 is 2.52 bits per heavy atom. The van der Waals surface area contributed by atoms with Crippen LogP contribution in [-0.2, 0) is 11.3 Å². The second-order valence-electron chi connectivity index (χ2n) is 6.98. The van der Waals surface area contributed by atoms with Gasteiger partial charge in [-0.2, -0.15) is 0 Å². The number of benzene rings is 1. The highest BCUT2D eigenvalue weighted by atomic mass is 35.5. The van der Waals surface area contributed by atoms with Crippen molar-refractivity contribution in [3.8, 4) is 0 Å². The highest BCUT2D eigenvalue weighted by Crippen LogP contribution is 2.27. The molecule has 0 aromatic heterocycles. The predicted octanol–water partition coefficient (Wildman–Crippen LogP) is 3.00. The lowest BCUT2D eigenvalue weighted by molar-refractivity contribution is -0.120. The summed E-state index contributed by atoms with van der Waals surface area (Å²) in [5, 5.41) is 6.38. The summed E-state index contributed by atoms with van der Waals surface area (Å²) in [6.07, 6.45) is 6.37. The fraction of sp³-hybridized carbons (Fsp3) is 0.632. The van der Waals surface area contributed by atoms with E-state index in [0.717, 1.165) is 32.1 Å². The van der Waals surface area contributed by atoms with E-state index in [4.69, 9.17) is 0 Å². The van der Waals surface area contributed by atoms with Crippen LogP contribution in [0.25, 0.3) is 0 Å².